The second-order valence-electron chi connectivity index (χ2n) is 5.32. The molecule has 0 fully saturated rings. The molecule has 1 aliphatic carbocycles. The maximum atomic E-state index is 5.73. The Morgan fingerprint density at radius 1 is 1.53 bits per heavy atom. The Morgan fingerprint density at radius 3 is 3.12 bits per heavy atom. The van der Waals surface area contributed by atoms with Crippen molar-refractivity contribution in [2.45, 2.75) is 51.7 Å². The minimum absolute atomic E-state index is 0.0671. The lowest BCUT2D eigenvalue weighted by Crippen LogP contribution is -2.40. The standard InChI is InChI=1S/C14H23NOS/c1-4-16-14(2,3)10-15-12-6-5-7-13-11(12)8-9-17-13/h8-9,12,15H,4-7,10H2,1-3H3. The number of hydrogen-bond donors (Lipinski definition) is 1. The van der Waals surface area contributed by atoms with Crippen LogP contribution in [0, 0.1) is 0 Å². The van der Waals surface area contributed by atoms with Crippen molar-refractivity contribution in [3.05, 3.63) is 21.9 Å². The van der Waals surface area contributed by atoms with Crippen LogP contribution < -0.4 is 5.32 Å². The lowest BCUT2D eigenvalue weighted by atomic mass is 9.93. The van der Waals surface area contributed by atoms with Crippen molar-refractivity contribution in [1.29, 1.82) is 0 Å². The number of hydrogen-bond acceptors (Lipinski definition) is 3. The number of thiophene rings is 1. The van der Waals surface area contributed by atoms with Gasteiger partial charge in [0.25, 0.3) is 0 Å². The fraction of sp³-hybridized carbons (Fsp3) is 0.714. The molecule has 1 aliphatic rings. The number of nitrogens with one attached hydrogen (secondary N) is 1. The Kier molecular flexibility index (Phi) is 4.23. The molecular formula is C14H23NOS. The predicted molar refractivity (Wildman–Crippen MR) is 73.7 cm³/mol. The highest BCUT2D eigenvalue weighted by molar-refractivity contribution is 7.10. The van der Waals surface area contributed by atoms with Gasteiger partial charge in [0.05, 0.1) is 5.60 Å². The van der Waals surface area contributed by atoms with Crippen LogP contribution in [-0.4, -0.2) is 18.8 Å². The third-order valence-corrected chi connectivity index (χ3v) is 4.36. The maximum absolute atomic E-state index is 5.73. The molecule has 1 aromatic rings. The smallest absolute Gasteiger partial charge is 0.0750 e. The van der Waals surface area contributed by atoms with Gasteiger partial charge in [-0.3, -0.25) is 0 Å². The molecular weight excluding hydrogens is 230 g/mol. The van der Waals surface area contributed by atoms with Gasteiger partial charge >= 0.3 is 0 Å². The third kappa shape index (κ3) is 3.30. The first-order chi connectivity index (χ1) is 8.12. The molecule has 1 N–H and O–H groups in total. The van der Waals surface area contributed by atoms with Crippen molar-refractivity contribution in [2.24, 2.45) is 0 Å². The van der Waals surface area contributed by atoms with Crippen molar-refractivity contribution in [3.8, 4) is 0 Å². The lowest BCUT2D eigenvalue weighted by molar-refractivity contribution is -0.0109. The van der Waals surface area contributed by atoms with E-state index in [2.05, 4.69) is 37.5 Å². The molecule has 0 radical (unpaired) electrons. The summed E-state index contributed by atoms with van der Waals surface area (Å²) in [6.45, 7) is 8.06. The van der Waals surface area contributed by atoms with Crippen molar-refractivity contribution < 1.29 is 4.74 Å². The molecule has 2 rings (SSSR count). The number of rotatable bonds is 5. The molecule has 0 saturated carbocycles. The van der Waals surface area contributed by atoms with E-state index in [9.17, 15) is 0 Å². The molecule has 0 bridgehead atoms. The first-order valence-corrected chi connectivity index (χ1v) is 7.44. The van der Waals surface area contributed by atoms with Gasteiger partial charge in [-0.15, -0.1) is 11.3 Å². The number of aryl methyl sites for hydroxylation is 1. The molecule has 2 nitrogen and oxygen atoms in total. The molecule has 3 heteroatoms. The third-order valence-electron chi connectivity index (χ3n) is 3.36. The Hall–Kier alpha value is -0.380. The second-order valence-corrected chi connectivity index (χ2v) is 6.32. The lowest BCUT2D eigenvalue weighted by Gasteiger charge is -2.30. The van der Waals surface area contributed by atoms with Gasteiger partial charge in [0.1, 0.15) is 0 Å². The van der Waals surface area contributed by atoms with Crippen LogP contribution in [0.2, 0.25) is 0 Å². The van der Waals surface area contributed by atoms with Crippen LogP contribution in [0.15, 0.2) is 11.4 Å². The summed E-state index contributed by atoms with van der Waals surface area (Å²) >= 11 is 1.90. The van der Waals surface area contributed by atoms with E-state index in [-0.39, 0.29) is 5.60 Å². The molecule has 0 aromatic carbocycles. The van der Waals surface area contributed by atoms with Crippen LogP contribution >= 0.6 is 11.3 Å². The molecule has 1 heterocycles. The normalized spacial score (nSPS) is 20.3. The summed E-state index contributed by atoms with van der Waals surface area (Å²) in [7, 11) is 0. The topological polar surface area (TPSA) is 21.3 Å². The van der Waals surface area contributed by atoms with E-state index >= 15 is 0 Å². The predicted octanol–water partition coefficient (Wildman–Crippen LogP) is 3.53. The highest BCUT2D eigenvalue weighted by Gasteiger charge is 2.24. The van der Waals surface area contributed by atoms with Crippen molar-refractivity contribution in [3.63, 3.8) is 0 Å². The minimum atomic E-state index is -0.0671. The van der Waals surface area contributed by atoms with E-state index in [4.69, 9.17) is 4.74 Å². The highest BCUT2D eigenvalue weighted by Crippen LogP contribution is 2.33. The van der Waals surface area contributed by atoms with Gasteiger partial charge in [0, 0.05) is 24.1 Å². The molecule has 96 valence electrons. The SMILES string of the molecule is CCOC(C)(C)CNC1CCCc2sccc21. The molecule has 0 aliphatic heterocycles. The molecule has 17 heavy (non-hydrogen) atoms. The van der Waals surface area contributed by atoms with Crippen molar-refractivity contribution in [2.75, 3.05) is 13.2 Å². The van der Waals surface area contributed by atoms with Gasteiger partial charge in [-0.2, -0.15) is 0 Å². The average Bonchev–Trinajstić information content (AvgIpc) is 2.74. The summed E-state index contributed by atoms with van der Waals surface area (Å²) in [6, 6.07) is 2.81. The Balaban J connectivity index is 1.93. The Labute approximate surface area is 108 Å². The first-order valence-electron chi connectivity index (χ1n) is 6.56. The fourth-order valence-corrected chi connectivity index (χ4v) is 3.50. The largest absolute Gasteiger partial charge is 0.375 e. The average molecular weight is 253 g/mol. The zero-order valence-electron chi connectivity index (χ0n) is 11.1. The van der Waals surface area contributed by atoms with Crippen LogP contribution in [0.3, 0.4) is 0 Å². The van der Waals surface area contributed by atoms with Gasteiger partial charge in [0.15, 0.2) is 0 Å². The van der Waals surface area contributed by atoms with Crippen LogP contribution in [0.4, 0.5) is 0 Å². The van der Waals surface area contributed by atoms with Gasteiger partial charge in [0.2, 0.25) is 0 Å². The second kappa shape index (κ2) is 5.51. The highest BCUT2D eigenvalue weighted by atomic mass is 32.1. The quantitative estimate of drug-likeness (QED) is 0.867. The summed E-state index contributed by atoms with van der Waals surface area (Å²) < 4.78 is 5.73. The van der Waals surface area contributed by atoms with Gasteiger partial charge in [-0.05, 0) is 57.0 Å². The van der Waals surface area contributed by atoms with Gasteiger partial charge in [-0.25, -0.2) is 0 Å². The van der Waals surface area contributed by atoms with E-state index in [1.54, 1.807) is 4.88 Å². The minimum Gasteiger partial charge on any atom is -0.375 e. The van der Waals surface area contributed by atoms with Crippen molar-refractivity contribution in [1.82, 2.24) is 5.32 Å². The van der Waals surface area contributed by atoms with Gasteiger partial charge < -0.3 is 10.1 Å². The van der Waals surface area contributed by atoms with Crippen molar-refractivity contribution >= 4 is 11.3 Å². The van der Waals surface area contributed by atoms with E-state index in [1.807, 2.05) is 11.3 Å². The molecule has 1 atom stereocenters. The molecule has 0 saturated heterocycles. The maximum Gasteiger partial charge on any atom is 0.0750 e. The first kappa shape index (κ1) is 13.1. The van der Waals surface area contributed by atoms with E-state index in [0.717, 1.165) is 13.2 Å². The van der Waals surface area contributed by atoms with E-state index in [0.29, 0.717) is 6.04 Å². The van der Waals surface area contributed by atoms with Gasteiger partial charge in [-0.1, -0.05) is 0 Å². The van der Waals surface area contributed by atoms with Crippen LogP contribution in [0.1, 0.15) is 50.1 Å². The molecule has 0 amide bonds. The summed E-state index contributed by atoms with van der Waals surface area (Å²) in [5, 5.41) is 5.89. The zero-order valence-corrected chi connectivity index (χ0v) is 11.9. The van der Waals surface area contributed by atoms with Crippen LogP contribution in [-0.2, 0) is 11.2 Å². The summed E-state index contributed by atoms with van der Waals surface area (Å²) in [5.74, 6) is 0. The van der Waals surface area contributed by atoms with Crippen LogP contribution in [0.25, 0.3) is 0 Å². The Bertz CT molecular complexity index is 359. The fourth-order valence-electron chi connectivity index (χ4n) is 2.51. The van der Waals surface area contributed by atoms with Crippen LogP contribution in [0.5, 0.6) is 0 Å². The number of fused-ring (bicyclic) bond motifs is 1. The Morgan fingerprint density at radius 2 is 2.35 bits per heavy atom. The molecule has 1 unspecified atom stereocenters. The summed E-state index contributed by atoms with van der Waals surface area (Å²) in [6.07, 6.45) is 3.83. The van der Waals surface area contributed by atoms with E-state index in [1.165, 1.54) is 24.8 Å². The monoisotopic (exact) mass is 253 g/mol. The summed E-state index contributed by atoms with van der Waals surface area (Å²) in [5.41, 5.74) is 1.45. The molecule has 1 aromatic heterocycles. The van der Waals surface area contributed by atoms with E-state index < -0.39 is 0 Å². The zero-order chi connectivity index (χ0) is 12.3. The molecule has 0 spiro atoms. The summed E-state index contributed by atoms with van der Waals surface area (Å²) in [4.78, 5) is 1.57. The number of ether oxygens (including phenoxy) is 1.